The quantitative estimate of drug-likeness (QED) is 0.907. The van der Waals surface area contributed by atoms with Gasteiger partial charge in [0.1, 0.15) is 5.92 Å². The van der Waals surface area contributed by atoms with Gasteiger partial charge >= 0.3 is 5.97 Å². The van der Waals surface area contributed by atoms with Gasteiger partial charge in [-0.1, -0.05) is 35.9 Å². The van der Waals surface area contributed by atoms with Crippen LogP contribution in [-0.2, 0) is 4.79 Å². The van der Waals surface area contributed by atoms with E-state index in [9.17, 15) is 9.90 Å². The van der Waals surface area contributed by atoms with Crippen molar-refractivity contribution < 1.29 is 9.90 Å². The number of halogens is 1. The molecule has 1 aromatic carbocycles. The standard InChI is InChI=1S/C13H10ClNO2/c14-10-6-2-1-5-9(10)12(13(16)17)11-7-3-4-8-15-11/h1-8,12H,(H,16,17). The summed E-state index contributed by atoms with van der Waals surface area (Å²) in [4.78, 5) is 15.4. The molecule has 2 rings (SSSR count). The molecule has 3 nitrogen and oxygen atoms in total. The third-order valence-electron chi connectivity index (χ3n) is 2.45. The van der Waals surface area contributed by atoms with E-state index >= 15 is 0 Å². The summed E-state index contributed by atoms with van der Waals surface area (Å²) in [6.07, 6.45) is 1.57. The fourth-order valence-electron chi connectivity index (χ4n) is 1.67. The highest BCUT2D eigenvalue weighted by molar-refractivity contribution is 6.31. The Kier molecular flexibility index (Phi) is 3.40. The molecule has 1 aromatic heterocycles. The molecule has 4 heteroatoms. The first kappa shape index (κ1) is 11.6. The minimum atomic E-state index is -0.961. The van der Waals surface area contributed by atoms with E-state index in [1.54, 1.807) is 48.7 Å². The van der Waals surface area contributed by atoms with Crippen LogP contribution in [0.3, 0.4) is 0 Å². The number of rotatable bonds is 3. The highest BCUT2D eigenvalue weighted by Crippen LogP contribution is 2.29. The molecule has 0 aliphatic heterocycles. The minimum Gasteiger partial charge on any atom is -0.480 e. The van der Waals surface area contributed by atoms with Gasteiger partial charge in [0.05, 0.1) is 5.69 Å². The van der Waals surface area contributed by atoms with Crippen LogP contribution in [0.25, 0.3) is 0 Å². The second-order valence-corrected chi connectivity index (χ2v) is 3.95. The van der Waals surface area contributed by atoms with Crippen molar-refractivity contribution in [1.82, 2.24) is 4.98 Å². The van der Waals surface area contributed by atoms with E-state index in [1.807, 2.05) is 0 Å². The molecular weight excluding hydrogens is 238 g/mol. The summed E-state index contributed by atoms with van der Waals surface area (Å²) in [5, 5.41) is 9.74. The normalized spacial score (nSPS) is 12.1. The fraction of sp³-hybridized carbons (Fsp3) is 0.0769. The van der Waals surface area contributed by atoms with E-state index in [2.05, 4.69) is 4.98 Å². The van der Waals surface area contributed by atoms with Gasteiger partial charge in [-0.25, -0.2) is 0 Å². The molecule has 1 unspecified atom stereocenters. The Morgan fingerprint density at radius 3 is 2.47 bits per heavy atom. The zero-order valence-corrected chi connectivity index (χ0v) is 9.63. The lowest BCUT2D eigenvalue weighted by atomic mass is 9.95. The molecule has 1 N–H and O–H groups in total. The third kappa shape index (κ3) is 2.45. The molecule has 0 saturated heterocycles. The van der Waals surface area contributed by atoms with Crippen LogP contribution in [0.1, 0.15) is 17.2 Å². The van der Waals surface area contributed by atoms with Crippen LogP contribution < -0.4 is 0 Å². The SMILES string of the molecule is O=C(O)C(c1ccccn1)c1ccccc1Cl. The predicted octanol–water partition coefficient (Wildman–Crippen LogP) is 2.95. The molecule has 17 heavy (non-hydrogen) atoms. The smallest absolute Gasteiger partial charge is 0.317 e. The Bertz CT molecular complexity index is 528. The van der Waals surface area contributed by atoms with Gasteiger partial charge in [0, 0.05) is 11.2 Å². The van der Waals surface area contributed by atoms with Crippen molar-refractivity contribution in [2.45, 2.75) is 5.92 Å². The van der Waals surface area contributed by atoms with Crippen molar-refractivity contribution in [2.75, 3.05) is 0 Å². The molecule has 0 saturated carbocycles. The number of aliphatic carboxylic acids is 1. The van der Waals surface area contributed by atoms with Crippen molar-refractivity contribution in [2.24, 2.45) is 0 Å². The van der Waals surface area contributed by atoms with E-state index in [0.29, 0.717) is 16.3 Å². The number of nitrogens with zero attached hydrogens (tertiary/aromatic N) is 1. The second-order valence-electron chi connectivity index (χ2n) is 3.55. The molecule has 2 aromatic rings. The number of carboxylic acid groups (broad SMARTS) is 1. The van der Waals surface area contributed by atoms with Crippen LogP contribution in [0.15, 0.2) is 48.7 Å². The molecule has 86 valence electrons. The topological polar surface area (TPSA) is 50.2 Å². The lowest BCUT2D eigenvalue weighted by Gasteiger charge is -2.13. The predicted molar refractivity (Wildman–Crippen MR) is 65.2 cm³/mol. The molecule has 0 aliphatic carbocycles. The molecule has 0 radical (unpaired) electrons. The molecular formula is C13H10ClNO2. The van der Waals surface area contributed by atoms with Crippen molar-refractivity contribution in [3.63, 3.8) is 0 Å². The number of carbonyl (C=O) groups is 1. The first-order chi connectivity index (χ1) is 8.20. The summed E-state index contributed by atoms with van der Waals surface area (Å²) in [5.74, 6) is -1.79. The summed E-state index contributed by atoms with van der Waals surface area (Å²) in [5.41, 5.74) is 1.04. The summed E-state index contributed by atoms with van der Waals surface area (Å²) >= 11 is 6.02. The zero-order valence-electron chi connectivity index (χ0n) is 8.88. The van der Waals surface area contributed by atoms with Gasteiger partial charge in [-0.2, -0.15) is 0 Å². The second kappa shape index (κ2) is 4.97. The Morgan fingerprint density at radius 2 is 1.88 bits per heavy atom. The van der Waals surface area contributed by atoms with Gasteiger partial charge in [0.25, 0.3) is 0 Å². The Balaban J connectivity index is 2.51. The number of hydrogen-bond donors (Lipinski definition) is 1. The molecule has 0 aliphatic rings. The fourth-order valence-corrected chi connectivity index (χ4v) is 1.92. The lowest BCUT2D eigenvalue weighted by Crippen LogP contribution is -2.14. The number of hydrogen-bond acceptors (Lipinski definition) is 2. The number of carboxylic acids is 1. The summed E-state index contributed by atoms with van der Waals surface area (Å²) < 4.78 is 0. The molecule has 1 atom stereocenters. The van der Waals surface area contributed by atoms with Crippen LogP contribution in [-0.4, -0.2) is 16.1 Å². The maximum absolute atomic E-state index is 11.4. The maximum Gasteiger partial charge on any atom is 0.317 e. The molecule has 0 amide bonds. The Morgan fingerprint density at radius 1 is 1.18 bits per heavy atom. The summed E-state index contributed by atoms with van der Waals surface area (Å²) in [6, 6.07) is 12.1. The monoisotopic (exact) mass is 247 g/mol. The third-order valence-corrected chi connectivity index (χ3v) is 2.79. The van der Waals surface area contributed by atoms with E-state index < -0.39 is 11.9 Å². The van der Waals surface area contributed by atoms with Gasteiger partial charge in [-0.05, 0) is 23.8 Å². The van der Waals surface area contributed by atoms with Crippen LogP contribution in [0, 0.1) is 0 Å². The van der Waals surface area contributed by atoms with Crippen molar-refractivity contribution >= 4 is 17.6 Å². The van der Waals surface area contributed by atoms with E-state index in [4.69, 9.17) is 11.6 Å². The first-order valence-electron chi connectivity index (χ1n) is 5.08. The summed E-state index contributed by atoms with van der Waals surface area (Å²) in [6.45, 7) is 0. The lowest BCUT2D eigenvalue weighted by molar-refractivity contribution is -0.137. The Labute approximate surface area is 104 Å². The van der Waals surface area contributed by atoms with Gasteiger partial charge in [0.15, 0.2) is 0 Å². The summed E-state index contributed by atoms with van der Waals surface area (Å²) in [7, 11) is 0. The maximum atomic E-state index is 11.4. The van der Waals surface area contributed by atoms with Gasteiger partial charge in [-0.3, -0.25) is 9.78 Å². The van der Waals surface area contributed by atoms with Gasteiger partial charge < -0.3 is 5.11 Å². The first-order valence-corrected chi connectivity index (χ1v) is 5.46. The van der Waals surface area contributed by atoms with Crippen molar-refractivity contribution in [3.8, 4) is 0 Å². The molecule has 1 heterocycles. The van der Waals surface area contributed by atoms with Crippen LogP contribution in [0.2, 0.25) is 5.02 Å². The molecule has 0 bridgehead atoms. The van der Waals surface area contributed by atoms with Crippen molar-refractivity contribution in [1.29, 1.82) is 0 Å². The van der Waals surface area contributed by atoms with Crippen molar-refractivity contribution in [3.05, 3.63) is 64.9 Å². The number of pyridine rings is 1. The average molecular weight is 248 g/mol. The highest BCUT2D eigenvalue weighted by atomic mass is 35.5. The van der Waals surface area contributed by atoms with Crippen LogP contribution >= 0.6 is 11.6 Å². The van der Waals surface area contributed by atoms with Gasteiger partial charge in [-0.15, -0.1) is 0 Å². The molecule has 0 spiro atoms. The van der Waals surface area contributed by atoms with Gasteiger partial charge in [0.2, 0.25) is 0 Å². The largest absolute Gasteiger partial charge is 0.480 e. The van der Waals surface area contributed by atoms with E-state index in [0.717, 1.165) is 0 Å². The zero-order chi connectivity index (χ0) is 12.3. The van der Waals surface area contributed by atoms with Crippen LogP contribution in [0.4, 0.5) is 0 Å². The number of benzene rings is 1. The van der Waals surface area contributed by atoms with Crippen LogP contribution in [0.5, 0.6) is 0 Å². The highest BCUT2D eigenvalue weighted by Gasteiger charge is 2.25. The van der Waals surface area contributed by atoms with E-state index in [1.165, 1.54) is 0 Å². The molecule has 0 fully saturated rings. The van der Waals surface area contributed by atoms with E-state index in [-0.39, 0.29) is 0 Å². The number of aromatic nitrogens is 1. The average Bonchev–Trinajstić information content (AvgIpc) is 2.33. The minimum absolute atomic E-state index is 0.436. The Hall–Kier alpha value is -1.87.